The van der Waals surface area contributed by atoms with Crippen LogP contribution in [-0.4, -0.2) is 39.1 Å². The van der Waals surface area contributed by atoms with Gasteiger partial charge in [-0.3, -0.25) is 0 Å². The molecule has 1 unspecified atom stereocenters. The largest absolute Gasteiger partial charge is 0.480 e. The molecule has 1 aromatic rings. The third-order valence-electron chi connectivity index (χ3n) is 3.81. The Morgan fingerprint density at radius 1 is 1.50 bits per heavy atom. The molecular weight excluding hydrogens is 262 g/mol. The van der Waals surface area contributed by atoms with Gasteiger partial charge in [-0.15, -0.1) is 0 Å². The van der Waals surface area contributed by atoms with Crippen molar-refractivity contribution in [2.24, 2.45) is 0 Å². The molecule has 1 saturated heterocycles. The first kappa shape index (κ1) is 14.4. The Hall–Kier alpha value is -2.05. The molecule has 2 rings (SSSR count). The fourth-order valence-corrected chi connectivity index (χ4v) is 2.37. The van der Waals surface area contributed by atoms with E-state index in [1.165, 1.54) is 4.90 Å². The van der Waals surface area contributed by atoms with E-state index in [2.05, 4.69) is 10.3 Å². The summed E-state index contributed by atoms with van der Waals surface area (Å²) in [5.41, 5.74) is -0.349. The van der Waals surface area contributed by atoms with E-state index in [1.807, 2.05) is 6.92 Å². The Bertz CT molecular complexity index is 520. The van der Waals surface area contributed by atoms with Crippen LogP contribution in [0.1, 0.15) is 37.1 Å². The van der Waals surface area contributed by atoms with Crippen LogP contribution in [-0.2, 0) is 11.3 Å². The summed E-state index contributed by atoms with van der Waals surface area (Å²) in [4.78, 5) is 28.9. The molecule has 0 bridgehead atoms. The number of rotatable bonds is 3. The summed E-state index contributed by atoms with van der Waals surface area (Å²) in [5.74, 6) is 0.156. The molecule has 2 heterocycles. The number of aliphatic carboxylic acids is 1. The molecule has 7 nitrogen and oxygen atoms in total. The zero-order valence-corrected chi connectivity index (χ0v) is 11.9. The summed E-state index contributed by atoms with van der Waals surface area (Å²) < 4.78 is 5.37. The fourth-order valence-electron chi connectivity index (χ4n) is 2.37. The first-order valence-corrected chi connectivity index (χ1v) is 6.56. The summed E-state index contributed by atoms with van der Waals surface area (Å²) in [6.45, 7) is 5.79. The number of carbonyl (C=O) groups excluding carboxylic acids is 1. The van der Waals surface area contributed by atoms with Crippen molar-refractivity contribution in [3.63, 3.8) is 0 Å². The Balaban J connectivity index is 2.00. The molecule has 2 amide bonds. The summed E-state index contributed by atoms with van der Waals surface area (Å²) in [5, 5.41) is 11.9. The number of nitrogens with zero attached hydrogens (tertiary/aromatic N) is 2. The van der Waals surface area contributed by atoms with E-state index in [0.717, 1.165) is 5.69 Å². The average molecular weight is 281 g/mol. The highest BCUT2D eigenvalue weighted by Crippen LogP contribution is 2.29. The zero-order valence-electron chi connectivity index (χ0n) is 11.9. The molecule has 1 aliphatic heterocycles. The topological polar surface area (TPSA) is 95.7 Å². The van der Waals surface area contributed by atoms with Crippen LogP contribution in [0.2, 0.25) is 0 Å². The molecule has 0 saturated carbocycles. The quantitative estimate of drug-likeness (QED) is 0.874. The van der Waals surface area contributed by atoms with E-state index in [-0.39, 0.29) is 6.54 Å². The summed E-state index contributed by atoms with van der Waals surface area (Å²) in [7, 11) is 0. The standard InChI is InChI=1S/C13H19N3O4/c1-8-9(2)20-10(15-8)7-14-12(19)16-6-4-5-13(16,3)11(17)18/h4-7H2,1-3H3,(H,14,19)(H,17,18). The molecule has 7 heteroatoms. The third-order valence-corrected chi connectivity index (χ3v) is 3.81. The van der Waals surface area contributed by atoms with Crippen LogP contribution in [0.3, 0.4) is 0 Å². The minimum Gasteiger partial charge on any atom is -0.480 e. The van der Waals surface area contributed by atoms with Gasteiger partial charge in [0.05, 0.1) is 12.2 Å². The number of carboxylic acid groups (broad SMARTS) is 1. The highest BCUT2D eigenvalue weighted by Gasteiger charge is 2.45. The Morgan fingerprint density at radius 3 is 2.75 bits per heavy atom. The first-order valence-electron chi connectivity index (χ1n) is 6.56. The predicted octanol–water partition coefficient (Wildman–Crippen LogP) is 1.44. The number of carboxylic acids is 1. The fraction of sp³-hybridized carbons (Fsp3) is 0.615. The second-order valence-corrected chi connectivity index (χ2v) is 5.24. The van der Waals surface area contributed by atoms with Crippen molar-refractivity contribution in [3.05, 3.63) is 17.3 Å². The minimum absolute atomic E-state index is 0.152. The summed E-state index contributed by atoms with van der Waals surface area (Å²) in [6.07, 6.45) is 1.15. The molecular formula is C13H19N3O4. The molecule has 0 radical (unpaired) electrons. The van der Waals surface area contributed by atoms with E-state index in [0.29, 0.717) is 31.0 Å². The van der Waals surface area contributed by atoms with E-state index in [9.17, 15) is 14.7 Å². The molecule has 110 valence electrons. The predicted molar refractivity (Wildman–Crippen MR) is 70.2 cm³/mol. The van der Waals surface area contributed by atoms with Gasteiger partial charge in [0.25, 0.3) is 0 Å². The first-order chi connectivity index (χ1) is 9.34. The zero-order chi connectivity index (χ0) is 14.9. The van der Waals surface area contributed by atoms with Gasteiger partial charge in [-0.2, -0.15) is 0 Å². The van der Waals surface area contributed by atoms with Crippen LogP contribution >= 0.6 is 0 Å². The lowest BCUT2D eigenvalue weighted by Gasteiger charge is -2.30. The lowest BCUT2D eigenvalue weighted by Crippen LogP contribution is -2.53. The van der Waals surface area contributed by atoms with Crippen molar-refractivity contribution in [1.82, 2.24) is 15.2 Å². The van der Waals surface area contributed by atoms with E-state index >= 15 is 0 Å². The Labute approximate surface area is 117 Å². The number of nitrogens with one attached hydrogen (secondary N) is 1. The number of aryl methyl sites for hydroxylation is 2. The number of carbonyl (C=O) groups is 2. The van der Waals surface area contributed by atoms with Gasteiger partial charge in [0, 0.05) is 6.54 Å². The van der Waals surface area contributed by atoms with Crippen molar-refractivity contribution in [2.75, 3.05) is 6.54 Å². The van der Waals surface area contributed by atoms with Crippen LogP contribution in [0.5, 0.6) is 0 Å². The number of hydrogen-bond acceptors (Lipinski definition) is 4. The normalized spacial score (nSPS) is 22.1. The van der Waals surface area contributed by atoms with Gasteiger partial charge in [-0.25, -0.2) is 14.6 Å². The molecule has 0 aliphatic carbocycles. The molecule has 0 aromatic carbocycles. The van der Waals surface area contributed by atoms with Crippen molar-refractivity contribution in [3.8, 4) is 0 Å². The van der Waals surface area contributed by atoms with Gasteiger partial charge in [-0.1, -0.05) is 0 Å². The van der Waals surface area contributed by atoms with E-state index < -0.39 is 17.5 Å². The van der Waals surface area contributed by atoms with Crippen LogP contribution in [0.15, 0.2) is 4.42 Å². The van der Waals surface area contributed by atoms with Crippen molar-refractivity contribution in [1.29, 1.82) is 0 Å². The maximum absolute atomic E-state index is 12.1. The van der Waals surface area contributed by atoms with Crippen LogP contribution in [0.4, 0.5) is 4.79 Å². The lowest BCUT2D eigenvalue weighted by atomic mass is 10.00. The van der Waals surface area contributed by atoms with E-state index in [4.69, 9.17) is 4.42 Å². The average Bonchev–Trinajstić information content (AvgIpc) is 2.92. The van der Waals surface area contributed by atoms with Crippen LogP contribution in [0.25, 0.3) is 0 Å². The summed E-state index contributed by atoms with van der Waals surface area (Å²) >= 11 is 0. The number of likely N-dealkylation sites (tertiary alicyclic amines) is 1. The number of urea groups is 1. The van der Waals surface area contributed by atoms with Gasteiger partial charge in [0.15, 0.2) is 0 Å². The molecule has 0 spiro atoms. The van der Waals surface area contributed by atoms with E-state index in [1.54, 1.807) is 13.8 Å². The summed E-state index contributed by atoms with van der Waals surface area (Å²) in [6, 6.07) is -0.402. The van der Waals surface area contributed by atoms with Gasteiger partial charge in [0.2, 0.25) is 5.89 Å². The van der Waals surface area contributed by atoms with Crippen molar-refractivity contribution < 1.29 is 19.1 Å². The molecule has 2 N–H and O–H groups in total. The van der Waals surface area contributed by atoms with Gasteiger partial charge in [0.1, 0.15) is 11.3 Å². The van der Waals surface area contributed by atoms with Crippen LogP contribution < -0.4 is 5.32 Å². The van der Waals surface area contributed by atoms with Gasteiger partial charge >= 0.3 is 12.0 Å². The minimum atomic E-state index is -1.13. The lowest BCUT2D eigenvalue weighted by molar-refractivity contribution is -0.147. The maximum Gasteiger partial charge on any atom is 0.329 e. The maximum atomic E-state index is 12.1. The number of hydrogen-bond donors (Lipinski definition) is 2. The van der Waals surface area contributed by atoms with Gasteiger partial charge in [-0.05, 0) is 33.6 Å². The second kappa shape index (κ2) is 5.15. The monoisotopic (exact) mass is 281 g/mol. The van der Waals surface area contributed by atoms with Crippen LogP contribution in [0, 0.1) is 13.8 Å². The highest BCUT2D eigenvalue weighted by atomic mass is 16.4. The third kappa shape index (κ3) is 2.48. The molecule has 20 heavy (non-hydrogen) atoms. The van der Waals surface area contributed by atoms with Crippen molar-refractivity contribution >= 4 is 12.0 Å². The number of amides is 2. The Morgan fingerprint density at radius 2 is 2.20 bits per heavy atom. The molecule has 1 fully saturated rings. The SMILES string of the molecule is Cc1nc(CNC(=O)N2CCCC2(C)C(=O)O)oc1C. The van der Waals surface area contributed by atoms with Crippen molar-refractivity contribution in [2.45, 2.75) is 45.7 Å². The molecule has 1 aliphatic rings. The Kier molecular flexibility index (Phi) is 3.69. The highest BCUT2D eigenvalue weighted by molar-refractivity contribution is 5.86. The molecule has 1 aromatic heterocycles. The number of aromatic nitrogens is 1. The smallest absolute Gasteiger partial charge is 0.329 e. The second-order valence-electron chi connectivity index (χ2n) is 5.24. The number of oxazole rings is 1. The van der Waals surface area contributed by atoms with Gasteiger partial charge < -0.3 is 19.7 Å². The molecule has 1 atom stereocenters.